The van der Waals surface area contributed by atoms with E-state index >= 15 is 52.7 Å². The van der Waals surface area contributed by atoms with Crippen LogP contribution in [0.4, 0.5) is 65.9 Å². The molecule has 0 aliphatic heterocycles. The van der Waals surface area contributed by atoms with Gasteiger partial charge in [0.15, 0.2) is 58.1 Å². The van der Waals surface area contributed by atoms with Crippen molar-refractivity contribution in [1.82, 2.24) is 0 Å². The lowest BCUT2D eigenvalue weighted by Crippen LogP contribution is -2.74. The molecule has 0 unspecified atom stereocenters. The van der Waals surface area contributed by atoms with Gasteiger partial charge in [0.1, 0.15) is 74.9 Å². The van der Waals surface area contributed by atoms with E-state index in [0.717, 1.165) is 18.2 Å². The van der Waals surface area contributed by atoms with Crippen molar-refractivity contribution < 1.29 is 74.9 Å². The molecule has 2 nitrogen and oxygen atoms in total. The average molecular weight is 1060 g/mol. The lowest BCUT2D eigenvalue weighted by molar-refractivity contribution is 0.372. The smallest absolute Gasteiger partial charge is 0.266 e. The van der Waals surface area contributed by atoms with Crippen molar-refractivity contribution in [2.24, 2.45) is 0 Å². The van der Waals surface area contributed by atoms with E-state index in [4.69, 9.17) is 20.7 Å². The molecule has 0 saturated heterocycles. The number of hydrogen-bond acceptors (Lipinski definition) is 2. The van der Waals surface area contributed by atoms with E-state index in [1.165, 1.54) is 24.3 Å². The Kier molecular flexibility index (Phi) is 14.1. The Morgan fingerprint density at radius 1 is 0.452 bits per heavy atom. The predicted octanol–water partition coefficient (Wildman–Crippen LogP) is 13.1. The summed E-state index contributed by atoms with van der Waals surface area (Å²) in [7, 11) is -3.76. The van der Waals surface area contributed by atoms with Crippen LogP contribution in [-0.4, -0.2) is 6.35 Å². The van der Waals surface area contributed by atoms with Crippen molar-refractivity contribution in [1.29, 1.82) is 0 Å². The lowest BCUT2D eigenvalue weighted by Gasteiger charge is -2.45. The van der Waals surface area contributed by atoms with Gasteiger partial charge in [-0.15, -0.1) is 0 Å². The van der Waals surface area contributed by atoms with Crippen molar-refractivity contribution in [3.8, 4) is 11.3 Å². The molecule has 8 rings (SSSR count). The maximum atomic E-state index is 16.9. The standard InChI is InChI=1S/C53H30BClF15O2P/c1-24-13-5-10-18-33(24)73(34-19-11-6-14-25(34)2,35-20-12-7-15-26(35)3)27(4)23-32(31-22-21-30(71-31)28-16-8-9-17-29(28)55)72-54(36-39(56)45(62)51(68)46(63)40(36)57,37-41(58)47(64)52(69)48(65)42(37)59)38-43(60)49(66)53(70)50(67)44(38)61/h5-23H,4H2,1-3H3/b32-23-. The van der Waals surface area contributed by atoms with Crippen molar-refractivity contribution in [2.45, 2.75) is 20.8 Å². The predicted molar refractivity (Wildman–Crippen MR) is 250 cm³/mol. The van der Waals surface area contributed by atoms with Crippen molar-refractivity contribution in [3.63, 3.8) is 0 Å². The molecule has 0 bridgehead atoms. The largest absolute Gasteiger partial charge is 0.700 e. The number of allylic oxidation sites excluding steroid dienone is 2. The first-order valence-electron chi connectivity index (χ1n) is 21.3. The van der Waals surface area contributed by atoms with E-state index in [9.17, 15) is 13.2 Å². The van der Waals surface area contributed by atoms with Gasteiger partial charge in [-0.3, -0.25) is 0 Å². The third-order valence-corrected chi connectivity index (χ3v) is 17.4. The van der Waals surface area contributed by atoms with E-state index in [1.54, 1.807) is 93.6 Å². The number of benzene rings is 7. The highest BCUT2D eigenvalue weighted by molar-refractivity contribution is 7.99. The Labute approximate surface area is 410 Å². The second-order valence-electron chi connectivity index (χ2n) is 16.5. The van der Waals surface area contributed by atoms with E-state index in [2.05, 4.69) is 6.58 Å². The Hall–Kier alpha value is -7.17. The Bertz CT molecular complexity index is 3250. The fourth-order valence-electron chi connectivity index (χ4n) is 9.10. The molecular weight excluding hydrogens is 1030 g/mol. The van der Waals surface area contributed by atoms with Gasteiger partial charge in [-0.05, 0) is 79.9 Å². The Morgan fingerprint density at radius 2 is 0.767 bits per heavy atom. The van der Waals surface area contributed by atoms with Crippen LogP contribution in [0.3, 0.4) is 0 Å². The molecule has 8 aromatic rings. The fourth-order valence-corrected chi connectivity index (χ4v) is 14.1. The summed E-state index contributed by atoms with van der Waals surface area (Å²) in [5, 5.41) is 1.17. The van der Waals surface area contributed by atoms with E-state index in [-0.39, 0.29) is 21.7 Å². The average Bonchev–Trinajstić information content (AvgIpc) is 3.87. The van der Waals surface area contributed by atoms with Crippen molar-refractivity contribution in [2.75, 3.05) is 0 Å². The zero-order valence-electron chi connectivity index (χ0n) is 37.6. The summed E-state index contributed by atoms with van der Waals surface area (Å²) in [4.78, 5) is 0. The summed E-state index contributed by atoms with van der Waals surface area (Å²) >= 11 is 6.45. The summed E-state index contributed by atoms with van der Waals surface area (Å²) in [6.07, 6.45) is -5.84. The molecule has 73 heavy (non-hydrogen) atoms. The highest BCUT2D eigenvalue weighted by Gasteiger charge is 2.54. The van der Waals surface area contributed by atoms with Crippen LogP contribution < -0.4 is 32.3 Å². The number of halogens is 16. The fraction of sp³-hybridized carbons (Fsp3) is 0.0566. The van der Waals surface area contributed by atoms with Crippen LogP contribution in [0.1, 0.15) is 22.5 Å². The number of furan rings is 1. The van der Waals surface area contributed by atoms with Crippen LogP contribution in [-0.2, 0) is 4.65 Å². The molecule has 7 aromatic carbocycles. The third kappa shape index (κ3) is 8.19. The summed E-state index contributed by atoms with van der Waals surface area (Å²) in [6.45, 7) is 9.47. The second kappa shape index (κ2) is 19.7. The monoisotopic (exact) mass is 1060 g/mol. The van der Waals surface area contributed by atoms with Gasteiger partial charge in [0, 0.05) is 11.6 Å². The minimum Gasteiger partial charge on any atom is -0.700 e. The number of rotatable bonds is 12. The highest BCUT2D eigenvalue weighted by atomic mass is 35.5. The zero-order chi connectivity index (χ0) is 53.2. The topological polar surface area (TPSA) is 22.4 Å². The van der Waals surface area contributed by atoms with E-state index in [1.807, 2.05) is 0 Å². The minimum atomic E-state index is -6.60. The SMILES string of the molecule is C=C(/C=C(\O[B-](c1c(F)c(F)c(F)c(F)c1F)(c1c(F)c(F)c(F)c(F)c1F)c1c(F)c(F)c(F)c(F)c1F)c1ccc(-c2ccccc2Cl)o1)[P+](c1ccccc1C)(c1ccccc1C)c1ccccc1C. The Morgan fingerprint density at radius 3 is 1.11 bits per heavy atom. The molecular formula is C53H30BClF15O2P. The molecule has 0 atom stereocenters. The van der Waals surface area contributed by atoms with E-state index < -0.39 is 129 Å². The van der Waals surface area contributed by atoms with Crippen LogP contribution in [0.5, 0.6) is 0 Å². The van der Waals surface area contributed by atoms with Crippen LogP contribution in [0.2, 0.25) is 5.02 Å². The summed E-state index contributed by atoms with van der Waals surface area (Å²) in [6, 6.07) is 27.7. The van der Waals surface area contributed by atoms with Crippen LogP contribution >= 0.6 is 18.9 Å². The van der Waals surface area contributed by atoms with Crippen LogP contribution in [0, 0.1) is 108 Å². The number of hydrogen-bond donors (Lipinski definition) is 0. The lowest BCUT2D eigenvalue weighted by atomic mass is 9.27. The molecule has 0 radical (unpaired) electrons. The molecule has 1 aromatic heterocycles. The van der Waals surface area contributed by atoms with Crippen molar-refractivity contribution in [3.05, 3.63) is 242 Å². The molecule has 0 aliphatic rings. The van der Waals surface area contributed by atoms with Crippen LogP contribution in [0.25, 0.3) is 17.1 Å². The van der Waals surface area contributed by atoms with Crippen LogP contribution in [0.15, 0.2) is 132 Å². The molecule has 374 valence electrons. The molecule has 1 heterocycles. The minimum absolute atomic E-state index is 0.0336. The van der Waals surface area contributed by atoms with Gasteiger partial charge >= 0.3 is 0 Å². The molecule has 0 aliphatic carbocycles. The molecule has 0 N–H and O–H groups in total. The maximum absolute atomic E-state index is 16.9. The second-order valence-corrected chi connectivity index (χ2v) is 20.3. The molecule has 20 heteroatoms. The van der Waals surface area contributed by atoms with Gasteiger partial charge in [0.25, 0.3) is 6.35 Å². The van der Waals surface area contributed by atoms with Crippen molar-refractivity contribution >= 4 is 63.3 Å². The Balaban J connectivity index is 1.66. The molecule has 0 spiro atoms. The molecule has 0 fully saturated rings. The van der Waals surface area contributed by atoms with Gasteiger partial charge < -0.3 is 9.07 Å². The molecule has 0 saturated carbocycles. The summed E-state index contributed by atoms with van der Waals surface area (Å²) in [5.41, 5.74) is -7.23. The quantitative estimate of drug-likeness (QED) is 0.0231. The molecule has 0 amide bonds. The van der Waals surface area contributed by atoms with Gasteiger partial charge in [0.05, 0.1) is 5.02 Å². The van der Waals surface area contributed by atoms with E-state index in [0.29, 0.717) is 32.6 Å². The maximum Gasteiger partial charge on any atom is 0.266 e. The first kappa shape index (κ1) is 52.2. The van der Waals surface area contributed by atoms with Gasteiger partial charge in [0.2, 0.25) is 0 Å². The zero-order valence-corrected chi connectivity index (χ0v) is 39.2. The normalized spacial score (nSPS) is 12.2. The summed E-state index contributed by atoms with van der Waals surface area (Å²) in [5.74, 6) is -50.5. The first-order chi connectivity index (χ1) is 34.5. The number of aryl methyl sites for hydroxylation is 3. The third-order valence-electron chi connectivity index (χ3n) is 12.4. The first-order valence-corrected chi connectivity index (χ1v) is 23.5. The van der Waals surface area contributed by atoms with Gasteiger partial charge in [-0.2, -0.15) is 0 Å². The van der Waals surface area contributed by atoms with Gasteiger partial charge in [-0.25, -0.2) is 65.9 Å². The highest BCUT2D eigenvalue weighted by Crippen LogP contribution is 2.64. The van der Waals surface area contributed by atoms with Gasteiger partial charge in [-0.1, -0.05) is 101 Å². The summed E-state index contributed by atoms with van der Waals surface area (Å²) < 4.78 is 252.